The van der Waals surface area contributed by atoms with E-state index in [4.69, 9.17) is 9.47 Å². The fourth-order valence-corrected chi connectivity index (χ4v) is 4.58. The van der Waals surface area contributed by atoms with E-state index in [1.54, 1.807) is 45.4 Å². The first-order valence-electron chi connectivity index (χ1n) is 11.8. The van der Waals surface area contributed by atoms with Crippen LogP contribution < -0.4 is 14.8 Å². The Bertz CT molecular complexity index is 1200. The molecule has 3 aromatic rings. The molecular formula is C27H33N3O5S. The number of methoxy groups -OCH3 is 2. The fraction of sp³-hybridized carbons (Fsp3) is 0.370. The van der Waals surface area contributed by atoms with Crippen LogP contribution in [0.15, 0.2) is 53.6 Å². The Kier molecular flexibility index (Phi) is 9.03. The van der Waals surface area contributed by atoms with Crippen LogP contribution in [0, 0.1) is 0 Å². The van der Waals surface area contributed by atoms with Crippen LogP contribution in [0.4, 0.5) is 5.69 Å². The quantitative estimate of drug-likeness (QED) is 0.228. The highest BCUT2D eigenvalue weighted by Gasteiger charge is 2.28. The van der Waals surface area contributed by atoms with Crippen molar-refractivity contribution in [2.24, 2.45) is 0 Å². The highest BCUT2D eigenvalue weighted by Crippen LogP contribution is 2.34. The van der Waals surface area contributed by atoms with E-state index in [0.29, 0.717) is 35.2 Å². The standard InChI is InChI=1S/C27H33N3O5S/c1-6-7-8-15-30-22(25(31)29-21-14-11-19(34-4)16-23(21)35-5)17-28-24(30)18-9-12-20(13-10-18)36-27(2,3)26(32)33/h9-14,16-17H,6-8,15H2,1-5H3,(H,29,31)(H,32,33). The van der Waals surface area contributed by atoms with Gasteiger partial charge in [0.1, 0.15) is 27.8 Å². The van der Waals surface area contributed by atoms with Gasteiger partial charge in [0.15, 0.2) is 0 Å². The number of imidazole rings is 1. The Labute approximate surface area is 216 Å². The van der Waals surface area contributed by atoms with Crippen LogP contribution in [-0.4, -0.2) is 45.5 Å². The molecule has 3 rings (SSSR count). The molecule has 192 valence electrons. The lowest BCUT2D eigenvalue weighted by Crippen LogP contribution is -2.26. The summed E-state index contributed by atoms with van der Waals surface area (Å²) in [7, 11) is 3.11. The lowest BCUT2D eigenvalue weighted by atomic mass is 10.2. The molecule has 0 bridgehead atoms. The van der Waals surface area contributed by atoms with E-state index in [1.165, 1.54) is 18.9 Å². The average molecular weight is 512 g/mol. The molecule has 0 fully saturated rings. The van der Waals surface area contributed by atoms with E-state index in [0.717, 1.165) is 29.7 Å². The molecule has 8 nitrogen and oxygen atoms in total. The van der Waals surface area contributed by atoms with Crippen LogP contribution in [0.1, 0.15) is 50.5 Å². The molecular weight excluding hydrogens is 478 g/mol. The number of hydrogen-bond donors (Lipinski definition) is 2. The summed E-state index contributed by atoms with van der Waals surface area (Å²) in [6.07, 6.45) is 4.58. The number of thioether (sulfide) groups is 1. The number of hydrogen-bond acceptors (Lipinski definition) is 6. The van der Waals surface area contributed by atoms with Crippen LogP contribution in [-0.2, 0) is 11.3 Å². The number of carboxylic acid groups (broad SMARTS) is 1. The Hall–Kier alpha value is -3.46. The van der Waals surface area contributed by atoms with Gasteiger partial charge >= 0.3 is 5.97 Å². The summed E-state index contributed by atoms with van der Waals surface area (Å²) in [5.74, 6) is 0.658. The molecule has 0 aliphatic carbocycles. The highest BCUT2D eigenvalue weighted by atomic mass is 32.2. The number of carboxylic acids is 1. The third-order valence-electron chi connectivity index (χ3n) is 5.73. The van der Waals surface area contributed by atoms with Gasteiger partial charge in [0.05, 0.1) is 26.1 Å². The summed E-state index contributed by atoms with van der Waals surface area (Å²) < 4.78 is 11.6. The topological polar surface area (TPSA) is 103 Å². The number of nitrogens with one attached hydrogen (secondary N) is 1. The number of aliphatic carboxylic acids is 1. The monoisotopic (exact) mass is 511 g/mol. The lowest BCUT2D eigenvalue weighted by Gasteiger charge is -2.18. The Morgan fingerprint density at radius 3 is 2.42 bits per heavy atom. The van der Waals surface area contributed by atoms with Gasteiger partial charge in [-0.05, 0) is 44.5 Å². The van der Waals surface area contributed by atoms with Crippen molar-refractivity contribution in [3.05, 3.63) is 54.4 Å². The van der Waals surface area contributed by atoms with Crippen LogP contribution >= 0.6 is 11.8 Å². The number of nitrogens with zero attached hydrogens (tertiary/aromatic N) is 2. The zero-order valence-electron chi connectivity index (χ0n) is 21.3. The minimum atomic E-state index is -0.937. The zero-order chi connectivity index (χ0) is 26.3. The number of rotatable bonds is 12. The minimum Gasteiger partial charge on any atom is -0.497 e. The van der Waals surface area contributed by atoms with Crippen molar-refractivity contribution < 1.29 is 24.2 Å². The number of carbonyl (C=O) groups excluding carboxylic acids is 1. The Balaban J connectivity index is 1.90. The first-order valence-corrected chi connectivity index (χ1v) is 12.6. The fourth-order valence-electron chi connectivity index (χ4n) is 3.63. The molecule has 0 saturated heterocycles. The van der Waals surface area contributed by atoms with Crippen LogP contribution in [0.3, 0.4) is 0 Å². The van der Waals surface area contributed by atoms with Gasteiger partial charge in [-0.15, -0.1) is 11.8 Å². The number of ether oxygens (including phenoxy) is 2. The molecule has 0 saturated carbocycles. The maximum absolute atomic E-state index is 13.3. The maximum atomic E-state index is 13.3. The third-order valence-corrected chi connectivity index (χ3v) is 6.92. The number of unbranched alkanes of at least 4 members (excludes halogenated alkanes) is 2. The van der Waals surface area contributed by atoms with Crippen molar-refractivity contribution in [2.75, 3.05) is 19.5 Å². The van der Waals surface area contributed by atoms with Crippen molar-refractivity contribution in [2.45, 2.75) is 56.2 Å². The predicted octanol–water partition coefficient (Wildman–Crippen LogP) is 5.97. The molecule has 9 heteroatoms. The summed E-state index contributed by atoms with van der Waals surface area (Å²) in [6.45, 7) is 6.13. The highest BCUT2D eigenvalue weighted by molar-refractivity contribution is 8.01. The molecule has 36 heavy (non-hydrogen) atoms. The summed E-state index contributed by atoms with van der Waals surface area (Å²) in [5, 5.41) is 12.3. The molecule has 2 aromatic carbocycles. The Morgan fingerprint density at radius 2 is 1.81 bits per heavy atom. The Morgan fingerprint density at radius 1 is 1.08 bits per heavy atom. The number of aromatic nitrogens is 2. The van der Waals surface area contributed by atoms with Gasteiger partial charge in [-0.3, -0.25) is 9.59 Å². The number of amides is 1. The molecule has 2 N–H and O–H groups in total. The van der Waals surface area contributed by atoms with Crippen LogP contribution in [0.5, 0.6) is 11.5 Å². The summed E-state index contributed by atoms with van der Waals surface area (Å²) in [6, 6.07) is 12.8. The van der Waals surface area contributed by atoms with Gasteiger partial charge in [-0.25, -0.2) is 4.98 Å². The van der Waals surface area contributed by atoms with Crippen molar-refractivity contribution in [3.8, 4) is 22.9 Å². The van der Waals surface area contributed by atoms with E-state index in [1.807, 2.05) is 28.8 Å². The first-order chi connectivity index (χ1) is 17.2. The van der Waals surface area contributed by atoms with Gasteiger partial charge in [0.25, 0.3) is 5.91 Å². The van der Waals surface area contributed by atoms with Gasteiger partial charge in [-0.1, -0.05) is 31.9 Å². The molecule has 1 amide bonds. The average Bonchev–Trinajstić information content (AvgIpc) is 3.28. The number of anilines is 1. The van der Waals surface area contributed by atoms with E-state index in [2.05, 4.69) is 17.2 Å². The number of benzene rings is 2. The van der Waals surface area contributed by atoms with Crippen molar-refractivity contribution in [1.82, 2.24) is 9.55 Å². The molecule has 1 heterocycles. The van der Waals surface area contributed by atoms with Crippen molar-refractivity contribution >= 4 is 29.3 Å². The second-order valence-corrected chi connectivity index (χ2v) is 10.5. The van der Waals surface area contributed by atoms with Crippen molar-refractivity contribution in [3.63, 3.8) is 0 Å². The second-order valence-electron chi connectivity index (χ2n) is 8.79. The van der Waals surface area contributed by atoms with E-state index >= 15 is 0 Å². The maximum Gasteiger partial charge on any atom is 0.319 e. The summed E-state index contributed by atoms with van der Waals surface area (Å²) in [4.78, 5) is 30.2. The zero-order valence-corrected chi connectivity index (χ0v) is 22.1. The summed E-state index contributed by atoms with van der Waals surface area (Å²) >= 11 is 1.28. The normalized spacial score (nSPS) is 11.2. The molecule has 0 radical (unpaired) electrons. The third kappa shape index (κ3) is 6.40. The SMILES string of the molecule is CCCCCn1c(C(=O)Nc2ccc(OC)cc2OC)cnc1-c1ccc(SC(C)(C)C(=O)O)cc1. The molecule has 0 spiro atoms. The smallest absolute Gasteiger partial charge is 0.319 e. The lowest BCUT2D eigenvalue weighted by molar-refractivity contribution is -0.138. The largest absolute Gasteiger partial charge is 0.497 e. The minimum absolute atomic E-state index is 0.288. The van der Waals surface area contributed by atoms with Gasteiger partial charge in [-0.2, -0.15) is 0 Å². The van der Waals surface area contributed by atoms with Gasteiger partial charge in [0.2, 0.25) is 0 Å². The molecule has 0 atom stereocenters. The van der Waals surface area contributed by atoms with Crippen molar-refractivity contribution in [1.29, 1.82) is 0 Å². The second kappa shape index (κ2) is 12.0. The van der Waals surface area contributed by atoms with Gasteiger partial charge in [0, 0.05) is 23.1 Å². The number of carbonyl (C=O) groups is 2. The molecule has 1 aromatic heterocycles. The van der Waals surface area contributed by atoms with Crippen LogP contribution in [0.2, 0.25) is 0 Å². The predicted molar refractivity (Wildman–Crippen MR) is 142 cm³/mol. The van der Waals surface area contributed by atoms with E-state index < -0.39 is 10.7 Å². The molecule has 0 aliphatic heterocycles. The molecule has 0 unspecified atom stereocenters. The first kappa shape index (κ1) is 27.1. The molecule has 0 aliphatic rings. The van der Waals surface area contributed by atoms with Gasteiger partial charge < -0.3 is 24.5 Å². The van der Waals surface area contributed by atoms with E-state index in [-0.39, 0.29) is 5.91 Å². The van der Waals surface area contributed by atoms with Crippen LogP contribution in [0.25, 0.3) is 11.4 Å². The van der Waals surface area contributed by atoms with E-state index in [9.17, 15) is 14.7 Å². The summed E-state index contributed by atoms with van der Waals surface area (Å²) in [5.41, 5.74) is 1.84.